The van der Waals surface area contributed by atoms with Crippen molar-refractivity contribution in [3.8, 4) is 0 Å². The molecule has 2 aliphatic rings. The van der Waals surface area contributed by atoms with Crippen LogP contribution in [0.25, 0.3) is 0 Å². The van der Waals surface area contributed by atoms with Gasteiger partial charge >= 0.3 is 0 Å². The molecule has 0 aromatic heterocycles. The van der Waals surface area contributed by atoms with Gasteiger partial charge in [-0.3, -0.25) is 0 Å². The highest BCUT2D eigenvalue weighted by atomic mass is 16.5. The fraction of sp³-hybridized carbons (Fsp3) is 0.895. The summed E-state index contributed by atoms with van der Waals surface area (Å²) in [5.74, 6) is 1.89. The van der Waals surface area contributed by atoms with E-state index in [2.05, 4.69) is 62.3 Å². The summed E-state index contributed by atoms with van der Waals surface area (Å²) in [5, 5.41) is 0. The van der Waals surface area contributed by atoms with Crippen LogP contribution in [0.4, 0.5) is 0 Å². The van der Waals surface area contributed by atoms with Crippen LogP contribution < -0.4 is 0 Å². The van der Waals surface area contributed by atoms with Gasteiger partial charge < -0.3 is 9.47 Å². The number of aliphatic imine (C=N–C) groups is 2. The van der Waals surface area contributed by atoms with E-state index in [0.717, 1.165) is 11.8 Å². The summed E-state index contributed by atoms with van der Waals surface area (Å²) in [6.45, 7) is 21.1. The van der Waals surface area contributed by atoms with Gasteiger partial charge in [0.15, 0.2) is 11.8 Å². The molecule has 0 aliphatic carbocycles. The van der Waals surface area contributed by atoms with Crippen LogP contribution in [0, 0.1) is 22.2 Å². The van der Waals surface area contributed by atoms with Crippen molar-refractivity contribution in [3.63, 3.8) is 0 Å². The average Bonchev–Trinajstić information content (AvgIpc) is 3.05. The van der Waals surface area contributed by atoms with Crippen LogP contribution in [0.2, 0.25) is 0 Å². The van der Waals surface area contributed by atoms with Crippen molar-refractivity contribution >= 4 is 11.8 Å². The fourth-order valence-corrected chi connectivity index (χ4v) is 2.79. The lowest BCUT2D eigenvalue weighted by Gasteiger charge is -2.31. The Kier molecular flexibility index (Phi) is 4.60. The molecule has 23 heavy (non-hydrogen) atoms. The predicted molar refractivity (Wildman–Crippen MR) is 96.2 cm³/mol. The molecule has 0 amide bonds. The summed E-state index contributed by atoms with van der Waals surface area (Å²) in [6.07, 6.45) is 0. The lowest BCUT2D eigenvalue weighted by molar-refractivity contribution is 0.199. The van der Waals surface area contributed by atoms with E-state index in [1.54, 1.807) is 0 Å². The van der Waals surface area contributed by atoms with Gasteiger partial charge in [-0.05, 0) is 23.7 Å². The quantitative estimate of drug-likeness (QED) is 0.776. The van der Waals surface area contributed by atoms with E-state index in [0.29, 0.717) is 19.1 Å². The van der Waals surface area contributed by atoms with E-state index in [9.17, 15) is 0 Å². The Morgan fingerprint density at radius 3 is 1.35 bits per heavy atom. The van der Waals surface area contributed by atoms with Gasteiger partial charge in [-0.2, -0.15) is 0 Å². The van der Waals surface area contributed by atoms with Crippen LogP contribution >= 0.6 is 0 Å². The third-order valence-corrected chi connectivity index (χ3v) is 5.34. The summed E-state index contributed by atoms with van der Waals surface area (Å²) < 4.78 is 12.1. The molecular weight excluding hydrogens is 288 g/mol. The van der Waals surface area contributed by atoms with E-state index in [1.165, 1.54) is 0 Å². The second kappa shape index (κ2) is 5.78. The van der Waals surface area contributed by atoms with Gasteiger partial charge in [0.05, 0.1) is 12.1 Å². The number of rotatable bonds is 3. The molecular formula is C19H34N2O2. The van der Waals surface area contributed by atoms with Crippen molar-refractivity contribution in [1.29, 1.82) is 0 Å². The smallest absolute Gasteiger partial charge is 0.199 e. The maximum Gasteiger partial charge on any atom is 0.199 e. The Morgan fingerprint density at radius 1 is 0.783 bits per heavy atom. The molecule has 0 aromatic rings. The van der Waals surface area contributed by atoms with E-state index >= 15 is 0 Å². The molecule has 2 atom stereocenters. The largest absolute Gasteiger partial charge is 0.478 e. The van der Waals surface area contributed by atoms with Crippen LogP contribution in [0.3, 0.4) is 0 Å². The first-order valence-corrected chi connectivity index (χ1v) is 8.79. The molecule has 0 fully saturated rings. The molecule has 2 aliphatic heterocycles. The van der Waals surface area contributed by atoms with Gasteiger partial charge in [-0.15, -0.1) is 0 Å². The standard InChI is InChI=1S/C19H34N2O2/c1-12(2)19(9,15-20-13(10-22-15)17(3,4)5)16-21-14(11-23-16)18(6,7)8/h12-14H,10-11H2,1-9H3/t13-,14-/m1/s1. The van der Waals surface area contributed by atoms with Crippen LogP contribution in [-0.4, -0.2) is 37.1 Å². The Hall–Kier alpha value is -1.06. The van der Waals surface area contributed by atoms with Gasteiger partial charge in [0.1, 0.15) is 18.6 Å². The monoisotopic (exact) mass is 322 g/mol. The minimum atomic E-state index is -0.389. The van der Waals surface area contributed by atoms with Crippen molar-refractivity contribution in [3.05, 3.63) is 0 Å². The van der Waals surface area contributed by atoms with Crippen molar-refractivity contribution in [1.82, 2.24) is 0 Å². The molecule has 2 heterocycles. The average molecular weight is 322 g/mol. The van der Waals surface area contributed by atoms with Gasteiger partial charge in [-0.1, -0.05) is 55.4 Å². The van der Waals surface area contributed by atoms with Gasteiger partial charge in [-0.25, -0.2) is 9.98 Å². The Morgan fingerprint density at radius 2 is 1.13 bits per heavy atom. The van der Waals surface area contributed by atoms with Crippen molar-refractivity contribution in [2.75, 3.05) is 13.2 Å². The number of nitrogens with zero attached hydrogens (tertiary/aromatic N) is 2. The molecule has 0 aromatic carbocycles. The van der Waals surface area contributed by atoms with Crippen molar-refractivity contribution < 1.29 is 9.47 Å². The van der Waals surface area contributed by atoms with Crippen molar-refractivity contribution in [2.24, 2.45) is 32.1 Å². The highest BCUT2D eigenvalue weighted by Gasteiger charge is 2.49. The predicted octanol–water partition coefficient (Wildman–Crippen LogP) is 4.34. The minimum absolute atomic E-state index is 0.103. The number of hydrogen-bond donors (Lipinski definition) is 0. The molecule has 0 spiro atoms. The molecule has 132 valence electrons. The van der Waals surface area contributed by atoms with E-state index < -0.39 is 0 Å². The van der Waals surface area contributed by atoms with Crippen LogP contribution in [0.15, 0.2) is 9.98 Å². The molecule has 0 saturated carbocycles. The summed E-state index contributed by atoms with van der Waals surface area (Å²) >= 11 is 0. The van der Waals surface area contributed by atoms with Crippen molar-refractivity contribution in [2.45, 2.75) is 74.4 Å². The van der Waals surface area contributed by atoms with Crippen LogP contribution in [0.5, 0.6) is 0 Å². The lowest BCUT2D eigenvalue weighted by atomic mass is 9.78. The maximum absolute atomic E-state index is 6.04. The number of ether oxygens (including phenoxy) is 2. The first kappa shape index (κ1) is 18.3. The topological polar surface area (TPSA) is 43.2 Å². The molecule has 0 unspecified atom stereocenters. The zero-order valence-electron chi connectivity index (χ0n) is 16.4. The normalized spacial score (nSPS) is 26.0. The van der Waals surface area contributed by atoms with E-state index in [1.807, 2.05) is 0 Å². The van der Waals surface area contributed by atoms with E-state index in [-0.39, 0.29) is 28.3 Å². The first-order chi connectivity index (χ1) is 10.4. The maximum atomic E-state index is 6.04. The zero-order valence-corrected chi connectivity index (χ0v) is 16.4. The molecule has 0 radical (unpaired) electrons. The first-order valence-electron chi connectivity index (χ1n) is 8.79. The molecule has 0 saturated heterocycles. The molecule has 2 rings (SSSR count). The second-order valence-electron chi connectivity index (χ2n) is 9.61. The fourth-order valence-electron chi connectivity index (χ4n) is 2.79. The molecule has 0 N–H and O–H groups in total. The van der Waals surface area contributed by atoms with Crippen LogP contribution in [-0.2, 0) is 9.47 Å². The SMILES string of the molecule is CC(C)C(C)(C1=N[C@@H](C(C)(C)C)CO1)C1=N[C@@H](C(C)(C)C)CO1. The van der Waals surface area contributed by atoms with Gasteiger partial charge in [0.25, 0.3) is 0 Å². The third kappa shape index (κ3) is 3.41. The summed E-state index contributed by atoms with van der Waals surface area (Å²) in [4.78, 5) is 9.84. The second-order valence-corrected chi connectivity index (χ2v) is 9.61. The van der Waals surface area contributed by atoms with Crippen LogP contribution in [0.1, 0.15) is 62.3 Å². The highest BCUT2D eigenvalue weighted by Crippen LogP contribution is 2.40. The summed E-state index contributed by atoms with van der Waals surface area (Å²) in [6, 6.07) is 0.381. The van der Waals surface area contributed by atoms with Gasteiger partial charge in [0.2, 0.25) is 0 Å². The lowest BCUT2D eigenvalue weighted by Crippen LogP contribution is -2.41. The summed E-state index contributed by atoms with van der Waals surface area (Å²) in [5.41, 5.74) is -0.183. The zero-order chi connectivity index (χ0) is 17.6. The third-order valence-electron chi connectivity index (χ3n) is 5.34. The number of hydrogen-bond acceptors (Lipinski definition) is 4. The Labute approximate surface area is 141 Å². The van der Waals surface area contributed by atoms with E-state index in [4.69, 9.17) is 19.5 Å². The molecule has 4 heteroatoms. The molecule has 0 bridgehead atoms. The molecule has 4 nitrogen and oxygen atoms in total. The summed E-state index contributed by atoms with van der Waals surface area (Å²) in [7, 11) is 0. The Balaban J connectivity index is 2.35. The highest BCUT2D eigenvalue weighted by molar-refractivity contribution is 6.06. The Bertz CT molecular complexity index is 466. The van der Waals surface area contributed by atoms with Gasteiger partial charge in [0, 0.05) is 0 Å². The minimum Gasteiger partial charge on any atom is -0.478 e.